The summed E-state index contributed by atoms with van der Waals surface area (Å²) < 4.78 is 7.31. The van der Waals surface area contributed by atoms with E-state index in [1.54, 1.807) is 7.11 Å². The number of nitrogens with zero attached hydrogens (tertiary/aromatic N) is 2. The highest BCUT2D eigenvalue weighted by molar-refractivity contribution is 5.83. The molecule has 27 heavy (non-hydrogen) atoms. The number of amides is 1. The molecule has 1 aliphatic heterocycles. The van der Waals surface area contributed by atoms with Gasteiger partial charge in [0.25, 0.3) is 0 Å². The average molecular weight is 370 g/mol. The van der Waals surface area contributed by atoms with Gasteiger partial charge >= 0.3 is 0 Å². The van der Waals surface area contributed by atoms with Crippen molar-refractivity contribution in [2.24, 2.45) is 5.41 Å². The molecule has 1 aliphatic rings. The molecule has 1 fully saturated rings. The lowest BCUT2D eigenvalue weighted by Crippen LogP contribution is -2.50. The van der Waals surface area contributed by atoms with E-state index in [2.05, 4.69) is 33.9 Å². The van der Waals surface area contributed by atoms with E-state index in [0.717, 1.165) is 48.6 Å². The highest BCUT2D eigenvalue weighted by Crippen LogP contribution is 2.30. The summed E-state index contributed by atoms with van der Waals surface area (Å²) in [5, 5.41) is 11.0. The van der Waals surface area contributed by atoms with Gasteiger partial charge in [-0.15, -0.1) is 0 Å². The van der Waals surface area contributed by atoms with Gasteiger partial charge in [0, 0.05) is 12.8 Å². The highest BCUT2D eigenvalue weighted by atomic mass is 16.5. The monoisotopic (exact) mass is 370 g/mol. The summed E-state index contributed by atoms with van der Waals surface area (Å²) in [5.41, 5.74) is 3.78. The zero-order valence-electron chi connectivity index (χ0n) is 16.7. The second kappa shape index (κ2) is 8.23. The molecule has 2 N–H and O–H groups in total. The van der Waals surface area contributed by atoms with Crippen LogP contribution in [0.1, 0.15) is 42.8 Å². The Morgan fingerprint density at radius 3 is 2.52 bits per heavy atom. The Kier molecular flexibility index (Phi) is 5.97. The average Bonchev–Trinajstić information content (AvgIpc) is 3.01. The van der Waals surface area contributed by atoms with E-state index in [1.807, 2.05) is 37.6 Å². The molecule has 0 radical (unpaired) electrons. The van der Waals surface area contributed by atoms with E-state index >= 15 is 0 Å². The Morgan fingerprint density at radius 2 is 1.96 bits per heavy atom. The van der Waals surface area contributed by atoms with Gasteiger partial charge in [-0.2, -0.15) is 5.10 Å². The Balaban J connectivity index is 1.71. The summed E-state index contributed by atoms with van der Waals surface area (Å²) in [4.78, 5) is 13.0. The first-order valence-electron chi connectivity index (χ1n) is 9.59. The van der Waals surface area contributed by atoms with Crippen LogP contribution in [0, 0.1) is 19.3 Å². The normalized spacial score (nSPS) is 17.5. The van der Waals surface area contributed by atoms with Crippen LogP contribution in [0.3, 0.4) is 0 Å². The van der Waals surface area contributed by atoms with Crippen molar-refractivity contribution in [2.45, 2.75) is 39.7 Å². The molecule has 6 nitrogen and oxygen atoms in total. The van der Waals surface area contributed by atoms with Crippen LogP contribution in [0.4, 0.5) is 0 Å². The van der Waals surface area contributed by atoms with E-state index in [4.69, 9.17) is 4.74 Å². The van der Waals surface area contributed by atoms with Crippen molar-refractivity contribution in [3.63, 3.8) is 0 Å². The molecule has 0 spiro atoms. The maximum Gasteiger partial charge on any atom is 0.229 e. The second-order valence-electron chi connectivity index (χ2n) is 7.59. The van der Waals surface area contributed by atoms with Crippen molar-refractivity contribution < 1.29 is 9.53 Å². The van der Waals surface area contributed by atoms with Gasteiger partial charge in [-0.25, -0.2) is 4.68 Å². The van der Waals surface area contributed by atoms with Gasteiger partial charge in [0.15, 0.2) is 0 Å². The molecule has 0 saturated carbocycles. The fourth-order valence-corrected chi connectivity index (χ4v) is 3.85. The summed E-state index contributed by atoms with van der Waals surface area (Å²) in [5.74, 6) is 0.0842. The largest absolute Gasteiger partial charge is 0.384 e. The summed E-state index contributed by atoms with van der Waals surface area (Å²) in [6.07, 6.45) is 1.60. The number of ether oxygens (including phenoxy) is 1. The molecule has 2 aromatic rings. The minimum absolute atomic E-state index is 0.0596. The van der Waals surface area contributed by atoms with Crippen LogP contribution in [0.5, 0.6) is 0 Å². The van der Waals surface area contributed by atoms with Crippen LogP contribution < -0.4 is 10.6 Å². The number of methoxy groups -OCH3 is 1. The van der Waals surface area contributed by atoms with Crippen LogP contribution in [0.15, 0.2) is 30.3 Å². The van der Waals surface area contributed by atoms with Gasteiger partial charge in [0.1, 0.15) is 0 Å². The van der Waals surface area contributed by atoms with E-state index in [-0.39, 0.29) is 11.9 Å². The van der Waals surface area contributed by atoms with E-state index in [1.165, 1.54) is 0 Å². The number of aryl methyl sites for hydroxylation is 2. The molecule has 1 saturated heterocycles. The maximum absolute atomic E-state index is 13.0. The SMILES string of the molecule is COCC1(C(=O)NC(C)c2ccc(-n3nc(C)cc3C)cc2)CCNCC1. The molecule has 1 aromatic heterocycles. The number of benzene rings is 1. The molecule has 0 bridgehead atoms. The number of piperidine rings is 1. The Hall–Kier alpha value is -2.18. The van der Waals surface area contributed by atoms with Gasteiger partial charge < -0.3 is 15.4 Å². The molecular formula is C21H30N4O2. The Labute approximate surface area is 161 Å². The smallest absolute Gasteiger partial charge is 0.229 e. The lowest BCUT2D eigenvalue weighted by molar-refractivity contribution is -0.136. The first-order chi connectivity index (χ1) is 12.9. The number of hydrogen-bond donors (Lipinski definition) is 2. The number of carbonyl (C=O) groups excluding carboxylic acids is 1. The molecule has 1 amide bonds. The number of rotatable bonds is 6. The minimum Gasteiger partial charge on any atom is -0.384 e. The van der Waals surface area contributed by atoms with Crippen molar-refractivity contribution in [2.75, 3.05) is 26.8 Å². The van der Waals surface area contributed by atoms with Crippen LogP contribution in [0.2, 0.25) is 0 Å². The zero-order valence-corrected chi connectivity index (χ0v) is 16.7. The predicted octanol–water partition coefficient (Wildman–Crippen LogP) is 2.68. The molecule has 1 atom stereocenters. The maximum atomic E-state index is 13.0. The van der Waals surface area contributed by atoms with Crippen molar-refractivity contribution in [3.05, 3.63) is 47.3 Å². The van der Waals surface area contributed by atoms with Crippen molar-refractivity contribution in [1.82, 2.24) is 20.4 Å². The summed E-state index contributed by atoms with van der Waals surface area (Å²) in [6.45, 7) is 8.23. The molecule has 1 aromatic carbocycles. The number of nitrogens with one attached hydrogen (secondary N) is 2. The van der Waals surface area contributed by atoms with Gasteiger partial charge in [0.2, 0.25) is 5.91 Å². The molecule has 0 aliphatic carbocycles. The van der Waals surface area contributed by atoms with E-state index < -0.39 is 5.41 Å². The quantitative estimate of drug-likeness (QED) is 0.820. The van der Waals surface area contributed by atoms with Gasteiger partial charge in [0.05, 0.1) is 29.4 Å². The first kappa shape index (κ1) is 19.6. The zero-order chi connectivity index (χ0) is 19.4. The fourth-order valence-electron chi connectivity index (χ4n) is 3.85. The fraction of sp³-hybridized carbons (Fsp3) is 0.524. The first-order valence-corrected chi connectivity index (χ1v) is 9.59. The third-order valence-corrected chi connectivity index (χ3v) is 5.46. The van der Waals surface area contributed by atoms with E-state index in [9.17, 15) is 4.79 Å². The summed E-state index contributed by atoms with van der Waals surface area (Å²) in [6, 6.07) is 10.2. The van der Waals surface area contributed by atoms with Crippen molar-refractivity contribution in [3.8, 4) is 5.69 Å². The van der Waals surface area contributed by atoms with Crippen LogP contribution >= 0.6 is 0 Å². The highest BCUT2D eigenvalue weighted by Gasteiger charge is 2.40. The topological polar surface area (TPSA) is 68.2 Å². The van der Waals surface area contributed by atoms with E-state index in [0.29, 0.717) is 6.61 Å². The predicted molar refractivity (Wildman–Crippen MR) is 106 cm³/mol. The number of aromatic nitrogens is 2. The third-order valence-electron chi connectivity index (χ3n) is 5.46. The number of carbonyl (C=O) groups is 1. The molecule has 2 heterocycles. The van der Waals surface area contributed by atoms with Crippen molar-refractivity contribution >= 4 is 5.91 Å². The lowest BCUT2D eigenvalue weighted by atomic mass is 9.78. The standard InChI is InChI=1S/C21H30N4O2/c1-15-13-16(2)25(24-15)19-7-5-18(6-8-19)17(3)23-20(26)21(14-27-4)9-11-22-12-10-21/h5-8,13,17,22H,9-12,14H2,1-4H3,(H,23,26). The van der Waals surface area contributed by atoms with Crippen molar-refractivity contribution in [1.29, 1.82) is 0 Å². The van der Waals surface area contributed by atoms with Crippen LogP contribution in [0.25, 0.3) is 5.69 Å². The van der Waals surface area contributed by atoms with Gasteiger partial charge in [-0.3, -0.25) is 4.79 Å². The Morgan fingerprint density at radius 1 is 1.30 bits per heavy atom. The minimum atomic E-state index is -0.433. The molecule has 3 rings (SSSR count). The summed E-state index contributed by atoms with van der Waals surface area (Å²) in [7, 11) is 1.66. The van der Waals surface area contributed by atoms with Gasteiger partial charge in [-0.1, -0.05) is 12.1 Å². The third kappa shape index (κ3) is 4.22. The van der Waals surface area contributed by atoms with Gasteiger partial charge in [-0.05, 0) is 70.5 Å². The molecule has 146 valence electrons. The molecule has 6 heteroatoms. The van der Waals surface area contributed by atoms with Crippen LogP contribution in [-0.2, 0) is 9.53 Å². The number of hydrogen-bond acceptors (Lipinski definition) is 4. The second-order valence-corrected chi connectivity index (χ2v) is 7.59. The molecular weight excluding hydrogens is 340 g/mol. The molecule has 1 unspecified atom stereocenters. The lowest BCUT2D eigenvalue weighted by Gasteiger charge is -2.36. The van der Waals surface area contributed by atoms with Crippen LogP contribution in [-0.4, -0.2) is 42.5 Å². The summed E-state index contributed by atoms with van der Waals surface area (Å²) >= 11 is 0. The Bertz CT molecular complexity index is 770.